The van der Waals surface area contributed by atoms with E-state index in [1.54, 1.807) is 22.6 Å². The molecule has 6 heteroatoms. The second-order valence-corrected chi connectivity index (χ2v) is 5.04. The first-order chi connectivity index (χ1) is 9.08. The molecule has 4 nitrogen and oxygen atoms in total. The van der Waals surface area contributed by atoms with Crippen molar-refractivity contribution >= 4 is 34.0 Å². The van der Waals surface area contributed by atoms with Crippen LogP contribution in [0.1, 0.15) is 5.56 Å². The van der Waals surface area contributed by atoms with Gasteiger partial charge in [0.25, 0.3) is 5.69 Å². The first-order valence-corrected chi connectivity index (χ1v) is 6.57. The van der Waals surface area contributed by atoms with Crippen LogP contribution in [0.25, 0.3) is 0 Å². The summed E-state index contributed by atoms with van der Waals surface area (Å²) in [6.07, 6.45) is 0. The van der Waals surface area contributed by atoms with E-state index in [4.69, 9.17) is 0 Å². The summed E-state index contributed by atoms with van der Waals surface area (Å²) in [5.41, 5.74) is 1.03. The highest BCUT2D eigenvalue weighted by atomic mass is 127. The molecule has 2 aromatic rings. The van der Waals surface area contributed by atoms with Crippen molar-refractivity contribution in [1.82, 2.24) is 0 Å². The summed E-state index contributed by atoms with van der Waals surface area (Å²) >= 11 is 1.73. The second kappa shape index (κ2) is 5.96. The van der Waals surface area contributed by atoms with Crippen molar-refractivity contribution in [2.24, 2.45) is 0 Å². The second-order valence-electron chi connectivity index (χ2n) is 3.88. The number of halogens is 2. The minimum absolute atomic E-state index is 0.123. The van der Waals surface area contributed by atoms with E-state index in [0.717, 1.165) is 11.6 Å². The standard InChI is InChI=1S/C13H10FIN2O2/c14-10-6-12(13(17(18)19)7-11(10)15)16-8-9-4-2-1-3-5-9/h1-7,16H,8H2. The van der Waals surface area contributed by atoms with E-state index in [1.165, 1.54) is 6.07 Å². The normalized spacial score (nSPS) is 10.2. The van der Waals surface area contributed by atoms with Gasteiger partial charge in [-0.2, -0.15) is 0 Å². The van der Waals surface area contributed by atoms with Crippen LogP contribution in [0.15, 0.2) is 42.5 Å². The molecule has 0 amide bonds. The lowest BCUT2D eigenvalue weighted by Crippen LogP contribution is -2.04. The molecule has 0 saturated carbocycles. The van der Waals surface area contributed by atoms with Gasteiger partial charge in [-0.1, -0.05) is 30.3 Å². The van der Waals surface area contributed by atoms with Gasteiger partial charge >= 0.3 is 0 Å². The molecule has 98 valence electrons. The van der Waals surface area contributed by atoms with Crippen molar-refractivity contribution in [2.45, 2.75) is 6.54 Å². The zero-order valence-electron chi connectivity index (χ0n) is 9.77. The number of rotatable bonds is 4. The Morgan fingerprint density at radius 2 is 1.95 bits per heavy atom. The van der Waals surface area contributed by atoms with Crippen molar-refractivity contribution in [3.63, 3.8) is 0 Å². The fourth-order valence-electron chi connectivity index (χ4n) is 1.62. The third-order valence-corrected chi connectivity index (χ3v) is 3.39. The van der Waals surface area contributed by atoms with E-state index >= 15 is 0 Å². The Morgan fingerprint density at radius 1 is 1.26 bits per heavy atom. The predicted octanol–water partition coefficient (Wildman–Crippen LogP) is 3.95. The zero-order valence-corrected chi connectivity index (χ0v) is 11.9. The molecule has 0 aliphatic carbocycles. The molecule has 0 spiro atoms. The van der Waals surface area contributed by atoms with Gasteiger partial charge in [0.2, 0.25) is 0 Å². The highest BCUT2D eigenvalue weighted by Gasteiger charge is 2.17. The summed E-state index contributed by atoms with van der Waals surface area (Å²) in [5.74, 6) is -0.471. The third kappa shape index (κ3) is 3.40. The molecule has 0 atom stereocenters. The van der Waals surface area contributed by atoms with Gasteiger partial charge in [-0.05, 0) is 28.2 Å². The maximum Gasteiger partial charge on any atom is 0.293 e. The molecule has 0 aliphatic heterocycles. The molecule has 0 heterocycles. The van der Waals surface area contributed by atoms with E-state index in [9.17, 15) is 14.5 Å². The lowest BCUT2D eigenvalue weighted by molar-refractivity contribution is -0.384. The number of nitrogens with one attached hydrogen (secondary N) is 1. The number of hydrogen-bond acceptors (Lipinski definition) is 3. The largest absolute Gasteiger partial charge is 0.375 e. The molecule has 0 radical (unpaired) electrons. The zero-order chi connectivity index (χ0) is 13.8. The lowest BCUT2D eigenvalue weighted by atomic mass is 10.2. The summed E-state index contributed by atoms with van der Waals surface area (Å²) in [5, 5.41) is 13.8. The van der Waals surface area contributed by atoms with Gasteiger partial charge < -0.3 is 5.32 Å². The van der Waals surface area contributed by atoms with Crippen molar-refractivity contribution in [1.29, 1.82) is 0 Å². The van der Waals surface area contributed by atoms with E-state index < -0.39 is 10.7 Å². The minimum Gasteiger partial charge on any atom is -0.375 e. The first-order valence-electron chi connectivity index (χ1n) is 5.49. The monoisotopic (exact) mass is 372 g/mol. The highest BCUT2D eigenvalue weighted by Crippen LogP contribution is 2.28. The van der Waals surface area contributed by atoms with Crippen LogP contribution in [-0.4, -0.2) is 4.92 Å². The molecule has 0 bridgehead atoms. The molecule has 19 heavy (non-hydrogen) atoms. The summed E-state index contributed by atoms with van der Waals surface area (Å²) in [6.45, 7) is 0.404. The quantitative estimate of drug-likeness (QED) is 0.502. The fraction of sp³-hybridized carbons (Fsp3) is 0.0769. The van der Waals surface area contributed by atoms with Crippen LogP contribution in [0.5, 0.6) is 0 Å². The molecular formula is C13H10FIN2O2. The Labute approximate surface area is 122 Å². The predicted molar refractivity (Wildman–Crippen MR) is 79.5 cm³/mol. The summed E-state index contributed by atoms with van der Waals surface area (Å²) < 4.78 is 13.7. The number of nitrogens with zero attached hydrogens (tertiary/aromatic N) is 1. The Morgan fingerprint density at radius 3 is 2.58 bits per heavy atom. The van der Waals surface area contributed by atoms with Crippen LogP contribution < -0.4 is 5.32 Å². The smallest absolute Gasteiger partial charge is 0.293 e. The van der Waals surface area contributed by atoms with Gasteiger partial charge in [0.15, 0.2) is 0 Å². The Hall–Kier alpha value is -1.70. The summed E-state index contributed by atoms with van der Waals surface area (Å²) in [6, 6.07) is 11.8. The topological polar surface area (TPSA) is 55.2 Å². The maximum atomic E-state index is 13.5. The average molecular weight is 372 g/mol. The van der Waals surface area contributed by atoms with Crippen LogP contribution in [0.4, 0.5) is 15.8 Å². The first kappa shape index (κ1) is 13.7. The van der Waals surface area contributed by atoms with Crippen molar-refractivity contribution in [3.8, 4) is 0 Å². The molecule has 0 aromatic heterocycles. The van der Waals surface area contributed by atoms with Gasteiger partial charge in [-0.3, -0.25) is 10.1 Å². The fourth-order valence-corrected chi connectivity index (χ4v) is 2.07. The molecule has 0 fully saturated rings. The average Bonchev–Trinajstić information content (AvgIpc) is 2.40. The Kier molecular flexibility index (Phi) is 4.31. The van der Waals surface area contributed by atoms with Crippen LogP contribution in [0.2, 0.25) is 0 Å². The molecule has 1 N–H and O–H groups in total. The molecule has 0 aliphatic rings. The van der Waals surface area contributed by atoms with Crippen LogP contribution in [-0.2, 0) is 6.54 Å². The van der Waals surface area contributed by atoms with E-state index in [1.807, 2.05) is 30.3 Å². The van der Waals surface area contributed by atoms with Gasteiger partial charge in [-0.15, -0.1) is 0 Å². The highest BCUT2D eigenvalue weighted by molar-refractivity contribution is 14.1. The van der Waals surface area contributed by atoms with E-state index in [-0.39, 0.29) is 14.9 Å². The van der Waals surface area contributed by atoms with E-state index in [0.29, 0.717) is 6.54 Å². The third-order valence-electron chi connectivity index (χ3n) is 2.56. The van der Waals surface area contributed by atoms with Crippen LogP contribution in [0.3, 0.4) is 0 Å². The molecule has 0 saturated heterocycles. The maximum absolute atomic E-state index is 13.5. The van der Waals surface area contributed by atoms with Gasteiger partial charge in [0, 0.05) is 18.7 Å². The van der Waals surface area contributed by atoms with Gasteiger partial charge in [0.05, 0.1) is 8.49 Å². The summed E-state index contributed by atoms with van der Waals surface area (Å²) in [7, 11) is 0. The number of nitro benzene ring substituents is 1. The van der Waals surface area contributed by atoms with Crippen LogP contribution in [0, 0.1) is 19.5 Å². The molecule has 2 rings (SSSR count). The Balaban J connectivity index is 2.24. The lowest BCUT2D eigenvalue weighted by Gasteiger charge is -2.08. The number of nitro groups is 1. The Bertz CT molecular complexity index is 605. The van der Waals surface area contributed by atoms with Crippen molar-refractivity contribution in [2.75, 3.05) is 5.32 Å². The molecule has 0 unspecified atom stereocenters. The van der Waals surface area contributed by atoms with Gasteiger partial charge in [-0.25, -0.2) is 4.39 Å². The van der Waals surface area contributed by atoms with E-state index in [2.05, 4.69) is 5.32 Å². The minimum atomic E-state index is -0.519. The summed E-state index contributed by atoms with van der Waals surface area (Å²) in [4.78, 5) is 10.4. The van der Waals surface area contributed by atoms with Crippen LogP contribution >= 0.6 is 22.6 Å². The number of anilines is 1. The molecule has 2 aromatic carbocycles. The number of hydrogen-bond donors (Lipinski definition) is 1. The van der Waals surface area contributed by atoms with Crippen molar-refractivity contribution < 1.29 is 9.31 Å². The van der Waals surface area contributed by atoms with Gasteiger partial charge in [0.1, 0.15) is 11.5 Å². The van der Waals surface area contributed by atoms with Crippen molar-refractivity contribution in [3.05, 3.63) is 67.5 Å². The number of benzene rings is 2. The molecular weight excluding hydrogens is 362 g/mol. The SMILES string of the molecule is O=[N+]([O-])c1cc(I)c(F)cc1NCc1ccccc1.